The van der Waals surface area contributed by atoms with E-state index in [1.807, 2.05) is 30.5 Å². The maximum Gasteiger partial charge on any atom is 0.0564 e. The molecule has 1 aromatic carbocycles. The molecule has 21 heavy (non-hydrogen) atoms. The molecule has 112 valence electrons. The van der Waals surface area contributed by atoms with Crippen molar-refractivity contribution in [2.45, 2.75) is 26.4 Å². The van der Waals surface area contributed by atoms with Gasteiger partial charge in [0.25, 0.3) is 0 Å². The summed E-state index contributed by atoms with van der Waals surface area (Å²) < 4.78 is 0. The SMILES string of the molecule is CCNc1ccnc(CN(C)C(C)c2cccc(Cl)c2)c1. The largest absolute Gasteiger partial charge is 0.385 e. The molecule has 0 aliphatic carbocycles. The Balaban J connectivity index is 2.06. The Morgan fingerprint density at radius 3 is 2.81 bits per heavy atom. The number of pyridine rings is 1. The first-order valence-electron chi connectivity index (χ1n) is 7.24. The van der Waals surface area contributed by atoms with Gasteiger partial charge >= 0.3 is 0 Å². The summed E-state index contributed by atoms with van der Waals surface area (Å²) in [6, 6.07) is 12.4. The number of benzene rings is 1. The Morgan fingerprint density at radius 1 is 1.29 bits per heavy atom. The molecule has 4 heteroatoms. The Hall–Kier alpha value is -1.58. The third-order valence-electron chi connectivity index (χ3n) is 3.60. The van der Waals surface area contributed by atoms with Gasteiger partial charge in [0, 0.05) is 36.0 Å². The minimum Gasteiger partial charge on any atom is -0.385 e. The van der Waals surface area contributed by atoms with Crippen molar-refractivity contribution in [1.29, 1.82) is 0 Å². The fourth-order valence-electron chi connectivity index (χ4n) is 2.29. The first kappa shape index (κ1) is 15.8. The van der Waals surface area contributed by atoms with E-state index < -0.39 is 0 Å². The predicted molar refractivity (Wildman–Crippen MR) is 89.7 cm³/mol. The second kappa shape index (κ2) is 7.43. The Bertz CT molecular complexity index is 586. The van der Waals surface area contributed by atoms with Crippen molar-refractivity contribution in [3.63, 3.8) is 0 Å². The lowest BCUT2D eigenvalue weighted by Crippen LogP contribution is -2.22. The molecular weight excluding hydrogens is 282 g/mol. The van der Waals surface area contributed by atoms with Crippen LogP contribution in [0, 0.1) is 0 Å². The van der Waals surface area contributed by atoms with Gasteiger partial charge in [0.2, 0.25) is 0 Å². The summed E-state index contributed by atoms with van der Waals surface area (Å²) in [5, 5.41) is 4.09. The summed E-state index contributed by atoms with van der Waals surface area (Å²) >= 11 is 6.07. The zero-order valence-electron chi connectivity index (χ0n) is 12.8. The molecule has 0 bridgehead atoms. The average Bonchev–Trinajstić information content (AvgIpc) is 2.47. The molecule has 1 atom stereocenters. The highest BCUT2D eigenvalue weighted by molar-refractivity contribution is 6.30. The van der Waals surface area contributed by atoms with Crippen LogP contribution in [0.3, 0.4) is 0 Å². The highest BCUT2D eigenvalue weighted by Gasteiger charge is 2.13. The van der Waals surface area contributed by atoms with Crippen LogP contribution in [0.2, 0.25) is 5.02 Å². The third kappa shape index (κ3) is 4.45. The van der Waals surface area contributed by atoms with Crippen LogP contribution in [0.5, 0.6) is 0 Å². The predicted octanol–water partition coefficient (Wildman–Crippen LogP) is 4.36. The fourth-order valence-corrected chi connectivity index (χ4v) is 2.49. The van der Waals surface area contributed by atoms with E-state index in [2.05, 4.69) is 48.2 Å². The number of hydrogen-bond donors (Lipinski definition) is 1. The van der Waals surface area contributed by atoms with Gasteiger partial charge in [-0.3, -0.25) is 9.88 Å². The fraction of sp³-hybridized carbons (Fsp3) is 0.353. The Kier molecular flexibility index (Phi) is 5.59. The van der Waals surface area contributed by atoms with Gasteiger partial charge in [0.1, 0.15) is 0 Å². The molecule has 0 saturated heterocycles. The van der Waals surface area contributed by atoms with Crippen molar-refractivity contribution >= 4 is 17.3 Å². The number of hydrogen-bond acceptors (Lipinski definition) is 3. The molecule has 0 amide bonds. The van der Waals surface area contributed by atoms with Gasteiger partial charge < -0.3 is 5.32 Å². The molecule has 0 spiro atoms. The first-order chi connectivity index (χ1) is 10.1. The molecule has 1 aromatic heterocycles. The van der Waals surface area contributed by atoms with Crippen LogP contribution < -0.4 is 5.32 Å². The monoisotopic (exact) mass is 303 g/mol. The summed E-state index contributed by atoms with van der Waals surface area (Å²) in [6.45, 7) is 5.98. The van der Waals surface area contributed by atoms with E-state index in [9.17, 15) is 0 Å². The zero-order chi connectivity index (χ0) is 15.2. The quantitative estimate of drug-likeness (QED) is 0.859. The number of anilines is 1. The standard InChI is InChI=1S/C17H22ClN3/c1-4-19-16-8-9-20-17(11-16)12-21(3)13(2)14-6-5-7-15(18)10-14/h5-11,13H,4,12H2,1-3H3,(H,19,20). The minimum absolute atomic E-state index is 0.285. The summed E-state index contributed by atoms with van der Waals surface area (Å²) in [5.41, 5.74) is 3.39. The number of aromatic nitrogens is 1. The average molecular weight is 304 g/mol. The molecule has 3 nitrogen and oxygen atoms in total. The van der Waals surface area contributed by atoms with Gasteiger partial charge in [-0.15, -0.1) is 0 Å². The molecule has 1 heterocycles. The van der Waals surface area contributed by atoms with Crippen molar-refractivity contribution in [3.8, 4) is 0 Å². The van der Waals surface area contributed by atoms with Gasteiger partial charge in [-0.05, 0) is 50.7 Å². The number of nitrogens with zero attached hydrogens (tertiary/aromatic N) is 2. The van der Waals surface area contributed by atoms with Crippen molar-refractivity contribution in [2.75, 3.05) is 18.9 Å². The van der Waals surface area contributed by atoms with Gasteiger partial charge in [-0.1, -0.05) is 23.7 Å². The summed E-state index contributed by atoms with van der Waals surface area (Å²) in [6.07, 6.45) is 1.85. The van der Waals surface area contributed by atoms with E-state index in [4.69, 9.17) is 11.6 Å². The van der Waals surface area contributed by atoms with Crippen molar-refractivity contribution in [1.82, 2.24) is 9.88 Å². The lowest BCUT2D eigenvalue weighted by atomic mass is 10.1. The Labute approximate surface area is 132 Å². The third-order valence-corrected chi connectivity index (χ3v) is 3.84. The topological polar surface area (TPSA) is 28.2 Å². The van der Waals surface area contributed by atoms with E-state index in [0.717, 1.165) is 29.5 Å². The lowest BCUT2D eigenvalue weighted by Gasteiger charge is -2.25. The second-order valence-electron chi connectivity index (χ2n) is 5.21. The van der Waals surface area contributed by atoms with Crippen LogP contribution in [0.4, 0.5) is 5.69 Å². The summed E-state index contributed by atoms with van der Waals surface area (Å²) in [4.78, 5) is 6.72. The van der Waals surface area contributed by atoms with Gasteiger partial charge in [0.05, 0.1) is 5.69 Å². The van der Waals surface area contributed by atoms with Crippen molar-refractivity contribution in [3.05, 3.63) is 58.9 Å². The normalized spacial score (nSPS) is 12.4. The molecule has 2 aromatic rings. The molecule has 1 N–H and O–H groups in total. The van der Waals surface area contributed by atoms with Gasteiger partial charge in [-0.2, -0.15) is 0 Å². The van der Waals surface area contributed by atoms with Crippen molar-refractivity contribution in [2.24, 2.45) is 0 Å². The Morgan fingerprint density at radius 2 is 2.10 bits per heavy atom. The summed E-state index contributed by atoms with van der Waals surface area (Å²) in [7, 11) is 2.10. The molecule has 2 rings (SSSR count). The number of nitrogens with one attached hydrogen (secondary N) is 1. The van der Waals surface area contributed by atoms with Crippen LogP contribution >= 0.6 is 11.6 Å². The highest BCUT2D eigenvalue weighted by Crippen LogP contribution is 2.23. The van der Waals surface area contributed by atoms with Crippen LogP contribution in [0.25, 0.3) is 0 Å². The van der Waals surface area contributed by atoms with E-state index in [0.29, 0.717) is 0 Å². The molecule has 0 saturated carbocycles. The minimum atomic E-state index is 0.285. The van der Waals surface area contributed by atoms with Gasteiger partial charge in [-0.25, -0.2) is 0 Å². The molecule has 0 fully saturated rings. The van der Waals surface area contributed by atoms with E-state index in [-0.39, 0.29) is 6.04 Å². The van der Waals surface area contributed by atoms with E-state index in [1.54, 1.807) is 0 Å². The first-order valence-corrected chi connectivity index (χ1v) is 7.62. The lowest BCUT2D eigenvalue weighted by molar-refractivity contribution is 0.250. The van der Waals surface area contributed by atoms with Crippen LogP contribution in [-0.2, 0) is 6.54 Å². The second-order valence-corrected chi connectivity index (χ2v) is 5.65. The van der Waals surface area contributed by atoms with Gasteiger partial charge in [0.15, 0.2) is 0 Å². The maximum atomic E-state index is 6.07. The van der Waals surface area contributed by atoms with Crippen LogP contribution in [0.1, 0.15) is 31.1 Å². The molecule has 0 aliphatic heterocycles. The molecule has 0 radical (unpaired) electrons. The number of rotatable bonds is 6. The number of halogens is 1. The van der Waals surface area contributed by atoms with Crippen molar-refractivity contribution < 1.29 is 0 Å². The molecule has 0 aliphatic rings. The van der Waals surface area contributed by atoms with E-state index in [1.165, 1.54) is 5.56 Å². The maximum absolute atomic E-state index is 6.07. The smallest absolute Gasteiger partial charge is 0.0564 e. The van der Waals surface area contributed by atoms with E-state index >= 15 is 0 Å². The van der Waals surface area contributed by atoms with Crippen LogP contribution in [-0.4, -0.2) is 23.5 Å². The zero-order valence-corrected chi connectivity index (χ0v) is 13.6. The molecular formula is C17H22ClN3. The summed E-state index contributed by atoms with van der Waals surface area (Å²) in [5.74, 6) is 0. The molecule has 1 unspecified atom stereocenters. The van der Waals surface area contributed by atoms with Crippen LogP contribution in [0.15, 0.2) is 42.6 Å². The highest BCUT2D eigenvalue weighted by atomic mass is 35.5.